The van der Waals surface area contributed by atoms with Crippen LogP contribution in [0.5, 0.6) is 0 Å². The molecule has 0 saturated carbocycles. The number of sulfonamides is 1. The Labute approximate surface area is 112 Å². The SMILES string of the molecule is COCC(CO)NS(=O)(=O)c1ccccc1CCl. The summed E-state index contributed by atoms with van der Waals surface area (Å²) in [5, 5.41) is 9.06. The van der Waals surface area contributed by atoms with E-state index in [4.69, 9.17) is 21.4 Å². The maximum atomic E-state index is 12.1. The van der Waals surface area contributed by atoms with E-state index in [0.717, 1.165) is 0 Å². The smallest absolute Gasteiger partial charge is 0.241 e. The molecule has 0 spiro atoms. The number of ether oxygens (including phenoxy) is 1. The van der Waals surface area contributed by atoms with Gasteiger partial charge >= 0.3 is 0 Å². The first-order valence-corrected chi connectivity index (χ1v) is 7.33. The minimum atomic E-state index is -3.71. The van der Waals surface area contributed by atoms with E-state index in [2.05, 4.69) is 4.72 Å². The largest absolute Gasteiger partial charge is 0.395 e. The predicted octanol–water partition coefficient (Wildman–Crippen LogP) is 0.711. The molecular formula is C11H16ClNO4S. The van der Waals surface area contributed by atoms with Crippen LogP contribution in [-0.4, -0.2) is 39.9 Å². The van der Waals surface area contributed by atoms with Crippen LogP contribution in [0.15, 0.2) is 29.2 Å². The molecule has 0 aliphatic rings. The molecule has 0 saturated heterocycles. The van der Waals surface area contributed by atoms with E-state index >= 15 is 0 Å². The Morgan fingerprint density at radius 1 is 1.44 bits per heavy atom. The summed E-state index contributed by atoms with van der Waals surface area (Å²) >= 11 is 5.70. The molecule has 1 atom stereocenters. The molecule has 1 unspecified atom stereocenters. The average molecular weight is 294 g/mol. The number of halogens is 1. The number of methoxy groups -OCH3 is 1. The quantitative estimate of drug-likeness (QED) is 0.726. The summed E-state index contributed by atoms with van der Waals surface area (Å²) in [5.74, 6) is 0.102. The molecule has 2 N–H and O–H groups in total. The van der Waals surface area contributed by atoms with E-state index in [0.29, 0.717) is 5.56 Å². The van der Waals surface area contributed by atoms with Crippen molar-refractivity contribution in [3.63, 3.8) is 0 Å². The van der Waals surface area contributed by atoms with Gasteiger partial charge in [0.25, 0.3) is 0 Å². The zero-order valence-electron chi connectivity index (χ0n) is 9.97. The van der Waals surface area contributed by atoms with Crippen molar-refractivity contribution >= 4 is 21.6 Å². The highest BCUT2D eigenvalue weighted by molar-refractivity contribution is 7.89. The van der Waals surface area contributed by atoms with E-state index < -0.39 is 16.1 Å². The number of aliphatic hydroxyl groups excluding tert-OH is 1. The van der Waals surface area contributed by atoms with Crippen LogP contribution in [0, 0.1) is 0 Å². The highest BCUT2D eigenvalue weighted by Gasteiger charge is 2.21. The van der Waals surface area contributed by atoms with E-state index in [9.17, 15) is 8.42 Å². The second-order valence-electron chi connectivity index (χ2n) is 3.70. The number of alkyl halides is 1. The number of nitrogens with one attached hydrogen (secondary N) is 1. The molecule has 0 fully saturated rings. The van der Waals surface area contributed by atoms with E-state index in [1.165, 1.54) is 13.2 Å². The number of hydrogen-bond acceptors (Lipinski definition) is 4. The van der Waals surface area contributed by atoms with Gasteiger partial charge in [0.05, 0.1) is 24.2 Å². The molecule has 1 rings (SSSR count). The van der Waals surface area contributed by atoms with Crippen molar-refractivity contribution in [2.45, 2.75) is 16.8 Å². The fourth-order valence-electron chi connectivity index (χ4n) is 1.48. The molecule has 0 heterocycles. The van der Waals surface area contributed by atoms with E-state index in [1.807, 2.05) is 0 Å². The van der Waals surface area contributed by atoms with Gasteiger partial charge in [-0.1, -0.05) is 18.2 Å². The number of hydrogen-bond donors (Lipinski definition) is 2. The second kappa shape index (κ2) is 7.06. The van der Waals surface area contributed by atoms with Gasteiger partial charge in [-0.05, 0) is 11.6 Å². The zero-order valence-corrected chi connectivity index (χ0v) is 11.5. The van der Waals surface area contributed by atoms with Crippen LogP contribution in [-0.2, 0) is 20.6 Å². The summed E-state index contributed by atoms with van der Waals surface area (Å²) in [6.45, 7) is -0.241. The molecule has 0 radical (unpaired) electrons. The van der Waals surface area contributed by atoms with Gasteiger partial charge in [-0.2, -0.15) is 0 Å². The first-order chi connectivity index (χ1) is 8.55. The third-order valence-corrected chi connectivity index (χ3v) is 4.23. The Hall–Kier alpha value is -0.660. The monoisotopic (exact) mass is 293 g/mol. The lowest BCUT2D eigenvalue weighted by Crippen LogP contribution is -2.40. The van der Waals surface area contributed by atoms with Crippen LogP contribution in [0.3, 0.4) is 0 Å². The van der Waals surface area contributed by atoms with Gasteiger partial charge in [-0.25, -0.2) is 13.1 Å². The highest BCUT2D eigenvalue weighted by atomic mass is 35.5. The minimum Gasteiger partial charge on any atom is -0.395 e. The van der Waals surface area contributed by atoms with Gasteiger partial charge in [-0.15, -0.1) is 11.6 Å². The molecule has 7 heteroatoms. The van der Waals surface area contributed by atoms with Crippen molar-refractivity contribution in [3.8, 4) is 0 Å². The minimum absolute atomic E-state index is 0.0960. The van der Waals surface area contributed by atoms with Gasteiger partial charge in [0.2, 0.25) is 10.0 Å². The van der Waals surface area contributed by atoms with Gasteiger partial charge in [0.1, 0.15) is 0 Å². The molecule has 1 aromatic carbocycles. The van der Waals surface area contributed by atoms with Crippen LogP contribution in [0.25, 0.3) is 0 Å². The lowest BCUT2D eigenvalue weighted by Gasteiger charge is -2.16. The fourth-order valence-corrected chi connectivity index (χ4v) is 3.25. The Balaban J connectivity index is 2.98. The first-order valence-electron chi connectivity index (χ1n) is 5.31. The van der Waals surface area contributed by atoms with Gasteiger partial charge in [0, 0.05) is 13.0 Å². The summed E-state index contributed by atoms with van der Waals surface area (Å²) in [7, 11) is -2.28. The summed E-state index contributed by atoms with van der Waals surface area (Å²) in [4.78, 5) is 0.120. The molecule has 0 amide bonds. The Morgan fingerprint density at radius 2 is 2.11 bits per heavy atom. The van der Waals surface area contributed by atoms with Crippen molar-refractivity contribution in [2.24, 2.45) is 0 Å². The van der Waals surface area contributed by atoms with Crippen molar-refractivity contribution in [3.05, 3.63) is 29.8 Å². The maximum Gasteiger partial charge on any atom is 0.241 e. The number of rotatable bonds is 7. The molecule has 5 nitrogen and oxygen atoms in total. The van der Waals surface area contributed by atoms with Crippen LogP contribution >= 0.6 is 11.6 Å². The van der Waals surface area contributed by atoms with E-state index in [1.54, 1.807) is 18.2 Å². The fraction of sp³-hybridized carbons (Fsp3) is 0.455. The molecule has 102 valence electrons. The standard InChI is InChI=1S/C11H16ClNO4S/c1-17-8-10(7-14)13-18(15,16)11-5-3-2-4-9(11)6-12/h2-5,10,13-14H,6-8H2,1H3. The van der Waals surface area contributed by atoms with Crippen LogP contribution in [0.1, 0.15) is 5.56 Å². The highest BCUT2D eigenvalue weighted by Crippen LogP contribution is 2.17. The Bertz CT molecular complexity index is 478. The van der Waals surface area contributed by atoms with Crippen molar-refractivity contribution < 1.29 is 18.3 Å². The van der Waals surface area contributed by atoms with Crippen molar-refractivity contribution in [2.75, 3.05) is 20.3 Å². The molecule has 0 aliphatic heterocycles. The normalized spacial score (nSPS) is 13.5. The van der Waals surface area contributed by atoms with Crippen LogP contribution in [0.4, 0.5) is 0 Å². The Morgan fingerprint density at radius 3 is 2.67 bits per heavy atom. The summed E-state index contributed by atoms with van der Waals surface area (Å²) in [6.07, 6.45) is 0. The molecular weight excluding hydrogens is 278 g/mol. The van der Waals surface area contributed by atoms with Crippen molar-refractivity contribution in [1.82, 2.24) is 4.72 Å². The average Bonchev–Trinajstić information content (AvgIpc) is 2.38. The van der Waals surface area contributed by atoms with Crippen LogP contribution in [0.2, 0.25) is 0 Å². The third-order valence-electron chi connectivity index (χ3n) is 2.32. The summed E-state index contributed by atoms with van der Waals surface area (Å²) in [5.41, 5.74) is 0.515. The Kier molecular flexibility index (Phi) is 6.04. The van der Waals surface area contributed by atoms with Crippen LogP contribution < -0.4 is 4.72 Å². The zero-order chi connectivity index (χ0) is 13.6. The number of aliphatic hydroxyl groups is 1. The summed E-state index contributed by atoms with van der Waals surface area (Å²) < 4.78 is 31.4. The third kappa shape index (κ3) is 3.93. The molecule has 1 aromatic rings. The second-order valence-corrected chi connectivity index (χ2v) is 5.65. The maximum absolute atomic E-state index is 12.1. The van der Waals surface area contributed by atoms with Crippen molar-refractivity contribution in [1.29, 1.82) is 0 Å². The molecule has 0 aromatic heterocycles. The summed E-state index contributed by atoms with van der Waals surface area (Å²) in [6, 6.07) is 5.78. The lowest BCUT2D eigenvalue weighted by atomic mass is 10.2. The van der Waals surface area contributed by atoms with E-state index in [-0.39, 0.29) is 24.0 Å². The predicted molar refractivity (Wildman–Crippen MR) is 69.1 cm³/mol. The molecule has 0 aliphatic carbocycles. The first kappa shape index (κ1) is 15.4. The topological polar surface area (TPSA) is 75.6 Å². The lowest BCUT2D eigenvalue weighted by molar-refractivity contribution is 0.139. The molecule has 0 bridgehead atoms. The number of benzene rings is 1. The van der Waals surface area contributed by atoms with Gasteiger partial charge in [0.15, 0.2) is 0 Å². The van der Waals surface area contributed by atoms with Gasteiger partial charge < -0.3 is 9.84 Å². The molecule has 18 heavy (non-hydrogen) atoms. The van der Waals surface area contributed by atoms with Gasteiger partial charge in [-0.3, -0.25) is 0 Å².